The van der Waals surface area contributed by atoms with Crippen molar-refractivity contribution in [2.75, 3.05) is 12.4 Å². The number of hydrogen-bond donors (Lipinski definition) is 3. The maximum atomic E-state index is 13.9. The number of likely N-dealkylation sites (tertiary alicyclic amines) is 1. The van der Waals surface area contributed by atoms with E-state index >= 15 is 0 Å². The molecule has 0 aromatic heterocycles. The van der Waals surface area contributed by atoms with Gasteiger partial charge in [0.25, 0.3) is 5.91 Å². The quantitative estimate of drug-likeness (QED) is 0.520. The molecule has 9 heteroatoms. The van der Waals surface area contributed by atoms with Gasteiger partial charge in [-0.2, -0.15) is 0 Å². The van der Waals surface area contributed by atoms with E-state index in [0.29, 0.717) is 17.9 Å². The molecule has 0 aliphatic carbocycles. The van der Waals surface area contributed by atoms with Crippen LogP contribution >= 0.6 is 0 Å². The molecule has 0 saturated carbocycles. The molecule has 35 heavy (non-hydrogen) atoms. The fourth-order valence-electron chi connectivity index (χ4n) is 5.98. The number of carbonyl (C=O) groups is 4. The Labute approximate surface area is 203 Å². The number of fused-ring (bicyclic) bond motifs is 4. The van der Waals surface area contributed by atoms with Gasteiger partial charge in [-0.15, -0.1) is 0 Å². The van der Waals surface area contributed by atoms with Crippen LogP contribution in [-0.2, 0) is 31.3 Å². The molecule has 2 fully saturated rings. The second-order valence-electron chi connectivity index (χ2n) is 9.70. The molecule has 5 N–H and O–H groups in total. The summed E-state index contributed by atoms with van der Waals surface area (Å²) in [5.74, 6) is -2.38. The molecule has 0 bridgehead atoms. The van der Waals surface area contributed by atoms with E-state index in [1.165, 1.54) is 4.90 Å². The monoisotopic (exact) mass is 477 g/mol. The van der Waals surface area contributed by atoms with Gasteiger partial charge in [-0.25, -0.2) is 0 Å². The van der Waals surface area contributed by atoms with Gasteiger partial charge in [-0.1, -0.05) is 18.2 Å². The molecule has 4 atom stereocenters. The number of rotatable bonds is 6. The van der Waals surface area contributed by atoms with Crippen molar-refractivity contribution in [3.63, 3.8) is 0 Å². The number of amides is 4. The van der Waals surface area contributed by atoms with Gasteiger partial charge in [0.05, 0.1) is 19.3 Å². The molecule has 2 aromatic carbocycles. The molecular formula is C26H29N4O5+. The van der Waals surface area contributed by atoms with Crippen LogP contribution < -0.4 is 21.1 Å². The number of carbonyl (C=O) groups excluding carboxylic acids is 4. The van der Waals surface area contributed by atoms with E-state index in [2.05, 4.69) is 5.32 Å². The second kappa shape index (κ2) is 8.20. The number of imide groups is 1. The van der Waals surface area contributed by atoms with Crippen LogP contribution in [0.5, 0.6) is 5.75 Å². The number of methoxy groups -OCH3 is 1. The third kappa shape index (κ3) is 3.33. The Morgan fingerprint density at radius 3 is 2.49 bits per heavy atom. The molecule has 2 saturated heterocycles. The van der Waals surface area contributed by atoms with Crippen molar-refractivity contribution in [1.29, 1.82) is 0 Å². The number of ether oxygens (including phenoxy) is 1. The summed E-state index contributed by atoms with van der Waals surface area (Å²) in [6, 6.07) is 10.6. The van der Waals surface area contributed by atoms with Crippen LogP contribution in [0.4, 0.5) is 5.69 Å². The molecule has 9 nitrogen and oxygen atoms in total. The van der Waals surface area contributed by atoms with E-state index in [9.17, 15) is 19.2 Å². The van der Waals surface area contributed by atoms with Gasteiger partial charge in [0.2, 0.25) is 23.3 Å². The van der Waals surface area contributed by atoms with Crippen molar-refractivity contribution >= 4 is 29.3 Å². The van der Waals surface area contributed by atoms with Gasteiger partial charge in [-0.05, 0) is 48.7 Å². The number of primary amides is 1. The van der Waals surface area contributed by atoms with Gasteiger partial charge in [-0.3, -0.25) is 24.1 Å². The molecule has 0 unspecified atom stereocenters. The molecule has 4 amide bonds. The number of benzene rings is 2. The summed E-state index contributed by atoms with van der Waals surface area (Å²) < 4.78 is 5.19. The van der Waals surface area contributed by atoms with Crippen LogP contribution in [0.2, 0.25) is 0 Å². The zero-order valence-electron chi connectivity index (χ0n) is 20.0. The van der Waals surface area contributed by atoms with Crippen LogP contribution in [0.25, 0.3) is 0 Å². The number of aryl methyl sites for hydroxylation is 1. The minimum absolute atomic E-state index is 0.0712. The van der Waals surface area contributed by atoms with Crippen molar-refractivity contribution in [3.05, 3.63) is 58.7 Å². The lowest BCUT2D eigenvalue weighted by molar-refractivity contribution is -0.734. The van der Waals surface area contributed by atoms with Crippen LogP contribution in [0.3, 0.4) is 0 Å². The van der Waals surface area contributed by atoms with E-state index in [0.717, 1.165) is 22.3 Å². The minimum Gasteiger partial charge on any atom is -0.497 e. The van der Waals surface area contributed by atoms with Crippen molar-refractivity contribution in [3.8, 4) is 5.75 Å². The highest BCUT2D eigenvalue weighted by Crippen LogP contribution is 2.50. The Morgan fingerprint density at radius 1 is 1.11 bits per heavy atom. The standard InChI is InChI=1S/C26H28N4O5/c1-13-4-9-17-22(14(13)2)28-25(34)26(17)21-20(18(29-26)10-11-19(27)31)23(32)30(24(21)33)12-15-5-7-16(35-3)8-6-15/h4-9,18,20-21,29H,10-12H2,1-3H3,(H2,27,31)(H,28,34)/p+1/t18-,20-,21+,26-/m1/s1. The van der Waals surface area contributed by atoms with E-state index in [-0.39, 0.29) is 30.7 Å². The van der Waals surface area contributed by atoms with Crippen LogP contribution in [0, 0.1) is 25.7 Å². The Morgan fingerprint density at radius 2 is 1.83 bits per heavy atom. The van der Waals surface area contributed by atoms with Crippen LogP contribution in [0.1, 0.15) is 35.1 Å². The summed E-state index contributed by atoms with van der Waals surface area (Å²) >= 11 is 0. The Kier molecular flexibility index (Phi) is 5.40. The molecule has 2 aromatic rings. The molecular weight excluding hydrogens is 448 g/mol. The number of hydrogen-bond acceptors (Lipinski definition) is 5. The van der Waals surface area contributed by atoms with Crippen molar-refractivity contribution in [2.45, 2.75) is 44.8 Å². The Balaban J connectivity index is 1.57. The summed E-state index contributed by atoms with van der Waals surface area (Å²) in [6.07, 6.45) is 0.378. The summed E-state index contributed by atoms with van der Waals surface area (Å²) in [6.45, 7) is 4.00. The summed E-state index contributed by atoms with van der Waals surface area (Å²) in [5.41, 5.74) is 8.30. The van der Waals surface area contributed by atoms with Gasteiger partial charge >= 0.3 is 0 Å². The van der Waals surface area contributed by atoms with Gasteiger partial charge in [0, 0.05) is 18.4 Å². The number of nitrogens with two attached hydrogens (primary N) is 2. The lowest BCUT2D eigenvalue weighted by Crippen LogP contribution is -2.99. The lowest BCUT2D eigenvalue weighted by Gasteiger charge is -2.26. The lowest BCUT2D eigenvalue weighted by atomic mass is 9.76. The Bertz CT molecular complexity index is 1260. The fraction of sp³-hybridized carbons (Fsp3) is 0.385. The first-order chi connectivity index (χ1) is 16.7. The predicted octanol–water partition coefficient (Wildman–Crippen LogP) is 0.472. The maximum absolute atomic E-state index is 13.9. The van der Waals surface area contributed by atoms with E-state index in [1.807, 2.05) is 43.4 Å². The Hall–Kier alpha value is -3.72. The fourth-order valence-corrected chi connectivity index (χ4v) is 5.98. The smallest absolute Gasteiger partial charge is 0.291 e. The molecule has 3 aliphatic rings. The third-order valence-corrected chi connectivity index (χ3v) is 7.89. The van der Waals surface area contributed by atoms with E-state index < -0.39 is 29.3 Å². The minimum atomic E-state index is -1.26. The first-order valence-electron chi connectivity index (χ1n) is 11.7. The summed E-state index contributed by atoms with van der Waals surface area (Å²) in [4.78, 5) is 54.0. The normalized spacial score (nSPS) is 26.8. The van der Waals surface area contributed by atoms with Gasteiger partial charge in [0.15, 0.2) is 0 Å². The maximum Gasteiger partial charge on any atom is 0.291 e. The molecule has 5 rings (SSSR count). The number of anilines is 1. The van der Waals surface area contributed by atoms with E-state index in [4.69, 9.17) is 10.5 Å². The zero-order valence-corrected chi connectivity index (χ0v) is 20.0. The molecule has 3 heterocycles. The second-order valence-corrected chi connectivity index (χ2v) is 9.70. The van der Waals surface area contributed by atoms with Crippen LogP contribution in [0.15, 0.2) is 36.4 Å². The van der Waals surface area contributed by atoms with Crippen LogP contribution in [-0.4, -0.2) is 41.7 Å². The molecule has 182 valence electrons. The van der Waals surface area contributed by atoms with E-state index in [1.54, 1.807) is 19.2 Å². The zero-order chi connectivity index (χ0) is 25.1. The summed E-state index contributed by atoms with van der Waals surface area (Å²) in [7, 11) is 1.57. The highest BCUT2D eigenvalue weighted by atomic mass is 16.5. The molecule has 0 radical (unpaired) electrons. The van der Waals surface area contributed by atoms with Crippen molar-refractivity contribution < 1.29 is 29.2 Å². The van der Waals surface area contributed by atoms with Crippen molar-refractivity contribution in [2.24, 2.45) is 17.6 Å². The predicted molar refractivity (Wildman–Crippen MR) is 126 cm³/mol. The number of nitrogens with one attached hydrogen (secondary N) is 1. The highest BCUT2D eigenvalue weighted by molar-refractivity contribution is 6.14. The topological polar surface area (TPSA) is 135 Å². The number of nitrogens with zero attached hydrogens (tertiary/aromatic N) is 1. The highest BCUT2D eigenvalue weighted by Gasteiger charge is 2.74. The van der Waals surface area contributed by atoms with Gasteiger partial charge < -0.3 is 21.1 Å². The van der Waals surface area contributed by atoms with Gasteiger partial charge in [0.1, 0.15) is 23.6 Å². The first-order valence-corrected chi connectivity index (χ1v) is 11.7. The summed E-state index contributed by atoms with van der Waals surface area (Å²) in [5, 5.41) is 4.83. The number of quaternary nitrogens is 1. The van der Waals surface area contributed by atoms with Crippen molar-refractivity contribution in [1.82, 2.24) is 4.90 Å². The first kappa shape index (κ1) is 23.0. The molecule has 3 aliphatic heterocycles. The average Bonchev–Trinajstić information content (AvgIpc) is 3.41. The SMILES string of the molecule is COc1ccc(CN2C(=O)[C@H]3[C@@H](C2=O)[C@@]2([NH2+][C@@H]3CCC(N)=O)C(=O)Nc3c2ccc(C)c3C)cc1. The average molecular weight is 478 g/mol. The third-order valence-electron chi connectivity index (χ3n) is 7.89. The molecule has 1 spiro atoms. The largest absolute Gasteiger partial charge is 0.497 e.